The van der Waals surface area contributed by atoms with Gasteiger partial charge in [-0.15, -0.1) is 0 Å². The molecule has 32 heavy (non-hydrogen) atoms. The fraction of sp³-hybridized carbons (Fsp3) is 0.154. The zero-order chi connectivity index (χ0) is 21.8. The molecule has 4 aromatic rings. The average Bonchev–Trinajstić information content (AvgIpc) is 3.38. The van der Waals surface area contributed by atoms with Gasteiger partial charge in [-0.05, 0) is 42.3 Å². The summed E-state index contributed by atoms with van der Waals surface area (Å²) >= 11 is 0. The molecule has 6 rings (SSSR count). The third-order valence-electron chi connectivity index (χ3n) is 6.03. The molecule has 0 aliphatic carbocycles. The van der Waals surface area contributed by atoms with Crippen molar-refractivity contribution in [1.82, 2.24) is 4.90 Å². The van der Waals surface area contributed by atoms with E-state index in [2.05, 4.69) is 0 Å². The van der Waals surface area contributed by atoms with Crippen LogP contribution in [0.25, 0.3) is 11.0 Å². The van der Waals surface area contributed by atoms with Crippen molar-refractivity contribution in [1.29, 1.82) is 0 Å². The quantitative estimate of drug-likeness (QED) is 0.481. The Morgan fingerprint density at radius 2 is 1.75 bits per heavy atom. The van der Waals surface area contributed by atoms with Gasteiger partial charge in [0.1, 0.15) is 5.58 Å². The van der Waals surface area contributed by atoms with Crippen LogP contribution in [0.5, 0.6) is 11.5 Å². The van der Waals surface area contributed by atoms with Crippen molar-refractivity contribution < 1.29 is 18.7 Å². The van der Waals surface area contributed by atoms with Crippen molar-refractivity contribution in [2.24, 2.45) is 0 Å². The molecular formula is C26H19NO5. The number of nitrogens with zero attached hydrogens (tertiary/aromatic N) is 1. The first kappa shape index (κ1) is 18.7. The van der Waals surface area contributed by atoms with Crippen molar-refractivity contribution in [3.05, 3.63) is 105 Å². The standard InChI is InChI=1S/C26H19NO5/c1-15-7-9-19-18(11-15)24(28)22-23(17-5-3-2-4-6-17)27(26(29)25(22)32-19)13-16-8-10-20-21(12-16)31-14-30-20/h2-12,23H,13-14H2,1H3/t23-/m1/s1. The van der Waals surface area contributed by atoms with Crippen molar-refractivity contribution in [3.8, 4) is 11.5 Å². The second-order valence-electron chi connectivity index (χ2n) is 8.11. The summed E-state index contributed by atoms with van der Waals surface area (Å²) in [6.07, 6.45) is 0. The molecule has 1 atom stereocenters. The van der Waals surface area contributed by atoms with E-state index >= 15 is 0 Å². The summed E-state index contributed by atoms with van der Waals surface area (Å²) in [5, 5.41) is 0.488. The molecule has 0 spiro atoms. The highest BCUT2D eigenvalue weighted by Crippen LogP contribution is 2.40. The van der Waals surface area contributed by atoms with Crippen LogP contribution < -0.4 is 14.9 Å². The molecule has 0 saturated carbocycles. The lowest BCUT2D eigenvalue weighted by atomic mass is 9.98. The van der Waals surface area contributed by atoms with Crippen LogP contribution >= 0.6 is 0 Å². The Morgan fingerprint density at radius 1 is 0.938 bits per heavy atom. The number of carbonyl (C=O) groups excluding carboxylic acids is 1. The summed E-state index contributed by atoms with van der Waals surface area (Å²) in [4.78, 5) is 28.8. The Balaban J connectivity index is 1.52. The molecule has 6 nitrogen and oxygen atoms in total. The van der Waals surface area contributed by atoms with Crippen molar-refractivity contribution in [3.63, 3.8) is 0 Å². The predicted molar refractivity (Wildman–Crippen MR) is 118 cm³/mol. The van der Waals surface area contributed by atoms with Crippen molar-refractivity contribution >= 4 is 16.9 Å². The number of benzene rings is 3. The largest absolute Gasteiger partial charge is 0.454 e. The molecule has 0 N–H and O–H groups in total. The molecule has 0 bridgehead atoms. The van der Waals surface area contributed by atoms with Gasteiger partial charge < -0.3 is 18.8 Å². The number of fused-ring (bicyclic) bond motifs is 3. The molecule has 158 valence electrons. The highest BCUT2D eigenvalue weighted by Gasteiger charge is 2.42. The van der Waals surface area contributed by atoms with Crippen LogP contribution in [0.2, 0.25) is 0 Å². The Hall–Kier alpha value is -4.06. The van der Waals surface area contributed by atoms with E-state index in [0.717, 1.165) is 16.7 Å². The topological polar surface area (TPSA) is 69.0 Å². The van der Waals surface area contributed by atoms with Crippen LogP contribution in [0, 0.1) is 6.92 Å². The maximum Gasteiger partial charge on any atom is 0.291 e. The van der Waals surface area contributed by atoms with Gasteiger partial charge in [0.15, 0.2) is 16.9 Å². The van der Waals surface area contributed by atoms with Gasteiger partial charge in [-0.25, -0.2) is 0 Å². The summed E-state index contributed by atoms with van der Waals surface area (Å²) < 4.78 is 16.9. The van der Waals surface area contributed by atoms with Gasteiger partial charge >= 0.3 is 0 Å². The molecule has 6 heteroatoms. The minimum atomic E-state index is -0.537. The Bertz CT molecular complexity index is 1440. The van der Waals surface area contributed by atoms with Gasteiger partial charge in [0.25, 0.3) is 5.91 Å². The zero-order valence-electron chi connectivity index (χ0n) is 17.3. The van der Waals surface area contributed by atoms with Gasteiger partial charge in [-0.2, -0.15) is 0 Å². The van der Waals surface area contributed by atoms with Crippen LogP contribution in [-0.4, -0.2) is 17.6 Å². The third-order valence-corrected chi connectivity index (χ3v) is 6.03. The second-order valence-corrected chi connectivity index (χ2v) is 8.11. The van der Waals surface area contributed by atoms with Crippen molar-refractivity contribution in [2.75, 3.05) is 6.79 Å². The van der Waals surface area contributed by atoms with Crippen LogP contribution in [-0.2, 0) is 6.54 Å². The average molecular weight is 425 g/mol. The number of hydrogen-bond acceptors (Lipinski definition) is 5. The maximum absolute atomic E-state index is 13.6. The first-order valence-corrected chi connectivity index (χ1v) is 10.4. The molecule has 3 aromatic carbocycles. The van der Waals surface area contributed by atoms with Gasteiger partial charge in [-0.1, -0.05) is 48.0 Å². The lowest BCUT2D eigenvalue weighted by molar-refractivity contribution is 0.0714. The predicted octanol–water partition coefficient (Wildman–Crippen LogP) is 4.58. The smallest absolute Gasteiger partial charge is 0.291 e. The lowest BCUT2D eigenvalue weighted by Gasteiger charge is -2.25. The Kier molecular flexibility index (Phi) is 4.08. The van der Waals surface area contributed by atoms with Gasteiger partial charge in [0.05, 0.1) is 17.0 Å². The van der Waals surface area contributed by atoms with E-state index in [1.165, 1.54) is 0 Å². The van der Waals surface area contributed by atoms with Crippen LogP contribution in [0.3, 0.4) is 0 Å². The molecule has 1 amide bonds. The van der Waals surface area contributed by atoms with E-state index in [-0.39, 0.29) is 23.9 Å². The molecule has 2 aliphatic heterocycles. The summed E-state index contributed by atoms with van der Waals surface area (Å²) in [5.41, 5.74) is 3.34. The van der Waals surface area contributed by atoms with E-state index in [1.54, 1.807) is 11.0 Å². The number of carbonyl (C=O) groups is 1. The van der Waals surface area contributed by atoms with Gasteiger partial charge in [0, 0.05) is 6.54 Å². The SMILES string of the molecule is Cc1ccc2oc3c(c(=O)c2c1)[C@@H](c1ccccc1)N(Cc1ccc2c(c1)OCO2)C3=O. The lowest BCUT2D eigenvalue weighted by Crippen LogP contribution is -2.29. The van der Waals surface area contributed by atoms with E-state index in [0.29, 0.717) is 34.6 Å². The van der Waals surface area contributed by atoms with Gasteiger partial charge in [-0.3, -0.25) is 9.59 Å². The van der Waals surface area contributed by atoms with E-state index in [4.69, 9.17) is 13.9 Å². The minimum absolute atomic E-state index is 0.112. The van der Waals surface area contributed by atoms with Crippen LogP contribution in [0.15, 0.2) is 75.9 Å². The van der Waals surface area contributed by atoms with E-state index in [9.17, 15) is 9.59 Å². The zero-order valence-corrected chi connectivity index (χ0v) is 17.3. The molecule has 1 aromatic heterocycles. The number of hydrogen-bond donors (Lipinski definition) is 0. The van der Waals surface area contributed by atoms with Crippen LogP contribution in [0.4, 0.5) is 0 Å². The van der Waals surface area contributed by atoms with E-state index in [1.807, 2.05) is 67.6 Å². The molecule has 0 fully saturated rings. The number of rotatable bonds is 3. The first-order valence-electron chi connectivity index (χ1n) is 10.4. The number of amides is 1. The third kappa shape index (κ3) is 2.80. The highest BCUT2D eigenvalue weighted by atomic mass is 16.7. The molecule has 0 saturated heterocycles. The van der Waals surface area contributed by atoms with Gasteiger partial charge in [0.2, 0.25) is 12.6 Å². The van der Waals surface area contributed by atoms with Crippen LogP contribution in [0.1, 0.15) is 38.9 Å². The second kappa shape index (κ2) is 6.99. The number of aryl methyl sites for hydroxylation is 1. The van der Waals surface area contributed by atoms with Crippen molar-refractivity contribution in [2.45, 2.75) is 19.5 Å². The summed E-state index contributed by atoms with van der Waals surface area (Å²) in [5.74, 6) is 1.15. The molecule has 3 heterocycles. The monoisotopic (exact) mass is 425 g/mol. The Labute approximate surface area is 183 Å². The van der Waals surface area contributed by atoms with E-state index < -0.39 is 6.04 Å². The highest BCUT2D eigenvalue weighted by molar-refractivity contribution is 5.99. The Morgan fingerprint density at radius 3 is 2.59 bits per heavy atom. The normalized spacial score (nSPS) is 16.6. The molecular weight excluding hydrogens is 406 g/mol. The summed E-state index contributed by atoms with van der Waals surface area (Å²) in [6.45, 7) is 2.41. The molecule has 0 unspecified atom stereocenters. The maximum atomic E-state index is 13.6. The summed E-state index contributed by atoms with van der Waals surface area (Å²) in [6, 6.07) is 20.1. The number of ether oxygens (including phenoxy) is 2. The first-order chi connectivity index (χ1) is 15.6. The fourth-order valence-electron chi connectivity index (χ4n) is 4.52. The molecule has 2 aliphatic rings. The molecule has 0 radical (unpaired) electrons. The fourth-order valence-corrected chi connectivity index (χ4v) is 4.52. The minimum Gasteiger partial charge on any atom is -0.454 e. The summed E-state index contributed by atoms with van der Waals surface area (Å²) in [7, 11) is 0.